The van der Waals surface area contributed by atoms with E-state index in [1.807, 2.05) is 59.5 Å². The first-order valence-electron chi connectivity index (χ1n) is 7.09. The minimum atomic E-state index is -1.09. The number of nitriles is 1. The summed E-state index contributed by atoms with van der Waals surface area (Å²) in [4.78, 5) is 0.729. The Hall–Kier alpha value is -2.41. The van der Waals surface area contributed by atoms with Gasteiger partial charge in [-0.1, -0.05) is 54.1 Å². The van der Waals surface area contributed by atoms with Gasteiger partial charge in [0.1, 0.15) is 27.5 Å². The zero-order chi connectivity index (χ0) is 16.0. The highest BCUT2D eigenvalue weighted by atomic mass is 35.5. The Labute approximate surface area is 144 Å². The maximum atomic E-state index is 9.77. The zero-order valence-corrected chi connectivity index (χ0v) is 13.4. The Bertz CT molecular complexity index is 896. The van der Waals surface area contributed by atoms with Crippen LogP contribution in [0.3, 0.4) is 0 Å². The lowest BCUT2D eigenvalue weighted by molar-refractivity contribution is 0.865. The third-order valence-corrected chi connectivity index (χ3v) is 4.85. The lowest BCUT2D eigenvalue weighted by atomic mass is 9.88. The maximum Gasteiger partial charge on any atom is 0.132 e. The normalized spacial score (nSPS) is 22.0. The fourth-order valence-corrected chi connectivity index (χ4v) is 3.75. The van der Waals surface area contributed by atoms with Gasteiger partial charge in [0.05, 0.1) is 11.4 Å². The van der Waals surface area contributed by atoms with Crippen LogP contribution in [0.5, 0.6) is 0 Å². The van der Waals surface area contributed by atoms with E-state index in [0.717, 1.165) is 16.9 Å². The molecule has 5 heteroatoms. The average molecular weight is 340 g/mol. The van der Waals surface area contributed by atoms with Gasteiger partial charge in [0, 0.05) is 0 Å². The molecule has 0 fully saturated rings. The minimum Gasteiger partial charge on any atom is -0.339 e. The summed E-state index contributed by atoms with van der Waals surface area (Å²) in [7, 11) is 0. The third-order valence-electron chi connectivity index (χ3n) is 4.06. The number of halogens is 2. The number of alkyl halides is 1. The van der Waals surface area contributed by atoms with Gasteiger partial charge in [0.15, 0.2) is 0 Å². The number of hydrogen-bond donors (Lipinski definition) is 1. The number of hydrogen-bond acceptors (Lipinski definition) is 3. The Kier molecular flexibility index (Phi) is 3.12. The molecule has 1 N–H and O–H groups in total. The van der Waals surface area contributed by atoms with Gasteiger partial charge in [0.2, 0.25) is 0 Å². The van der Waals surface area contributed by atoms with Crippen molar-refractivity contribution in [2.24, 2.45) is 0 Å². The van der Waals surface area contributed by atoms with Crippen LogP contribution < -0.4 is 10.2 Å². The molecular weight excluding hydrogens is 329 g/mol. The highest BCUT2D eigenvalue weighted by Crippen LogP contribution is 2.51. The lowest BCUT2D eigenvalue weighted by Crippen LogP contribution is -2.33. The number of fused-ring (bicyclic) bond motifs is 3. The van der Waals surface area contributed by atoms with Crippen LogP contribution in [0.4, 0.5) is 11.4 Å². The van der Waals surface area contributed by atoms with Gasteiger partial charge in [-0.05, 0) is 23.8 Å². The van der Waals surface area contributed by atoms with Crippen molar-refractivity contribution in [1.29, 1.82) is 5.26 Å². The van der Waals surface area contributed by atoms with Crippen LogP contribution in [0.25, 0.3) is 0 Å². The monoisotopic (exact) mass is 339 g/mol. The molecule has 1 atom stereocenters. The first kappa shape index (κ1) is 14.2. The highest BCUT2D eigenvalue weighted by Gasteiger charge is 2.44. The molecule has 0 aromatic heterocycles. The first-order chi connectivity index (χ1) is 11.1. The number of allylic oxidation sites excluding steroid dienone is 2. The quantitative estimate of drug-likeness (QED) is 0.594. The van der Waals surface area contributed by atoms with Crippen molar-refractivity contribution in [2.45, 2.75) is 4.87 Å². The van der Waals surface area contributed by atoms with Crippen LogP contribution in [0.1, 0.15) is 5.56 Å². The summed E-state index contributed by atoms with van der Waals surface area (Å²) in [6.45, 7) is 0. The van der Waals surface area contributed by atoms with Crippen LogP contribution in [0.15, 0.2) is 77.2 Å². The van der Waals surface area contributed by atoms with Crippen LogP contribution in [0, 0.1) is 11.3 Å². The largest absolute Gasteiger partial charge is 0.339 e. The summed E-state index contributed by atoms with van der Waals surface area (Å²) in [5.74, 6) is 0.611. The predicted octanol–water partition coefficient (Wildman–Crippen LogP) is 4.88. The molecule has 2 aromatic carbocycles. The average Bonchev–Trinajstić information content (AvgIpc) is 2.95. The molecule has 0 radical (unpaired) electrons. The Balaban J connectivity index is 1.96. The molecule has 23 heavy (non-hydrogen) atoms. The summed E-state index contributed by atoms with van der Waals surface area (Å²) < 4.78 is 0. The fourth-order valence-electron chi connectivity index (χ4n) is 2.99. The molecule has 1 unspecified atom stereocenters. The number of rotatable bonds is 1. The molecule has 0 saturated heterocycles. The minimum absolute atomic E-state index is 0.422. The summed E-state index contributed by atoms with van der Waals surface area (Å²) in [6.07, 6.45) is 1.72. The number of nitrogens with zero attached hydrogens (tertiary/aromatic N) is 2. The highest BCUT2D eigenvalue weighted by molar-refractivity contribution is 6.35. The molecule has 2 aromatic rings. The number of benzene rings is 2. The molecule has 0 amide bonds. The summed E-state index contributed by atoms with van der Waals surface area (Å²) in [5, 5.41) is 13.5. The molecule has 4 rings (SSSR count). The third kappa shape index (κ3) is 1.96. The van der Waals surface area contributed by atoms with Crippen molar-refractivity contribution in [3.05, 3.63) is 82.8 Å². The molecule has 3 nitrogen and oxygen atoms in total. The molecule has 0 spiro atoms. The second kappa shape index (κ2) is 5.06. The van der Waals surface area contributed by atoms with Crippen LogP contribution >= 0.6 is 23.2 Å². The number of nitrogens with one attached hydrogen (secondary N) is 1. The van der Waals surface area contributed by atoms with Crippen LogP contribution in [-0.4, -0.2) is 0 Å². The van der Waals surface area contributed by atoms with Crippen molar-refractivity contribution >= 4 is 34.6 Å². The molecule has 0 aliphatic carbocycles. The van der Waals surface area contributed by atoms with E-state index < -0.39 is 4.87 Å². The first-order valence-corrected chi connectivity index (χ1v) is 7.84. The summed E-state index contributed by atoms with van der Waals surface area (Å²) >= 11 is 13.4. The van der Waals surface area contributed by atoms with E-state index in [4.69, 9.17) is 23.2 Å². The molecule has 2 aliphatic heterocycles. The standard InChI is InChI=1S/C18H11Cl2N3/c19-16-10-18(20,12-6-2-1-3-7-12)13(11-21)17-22-14-8-4-5-9-15(14)23(16)17/h1-10,22H. The van der Waals surface area contributed by atoms with Crippen molar-refractivity contribution in [3.63, 3.8) is 0 Å². The van der Waals surface area contributed by atoms with E-state index in [0.29, 0.717) is 16.6 Å². The molecule has 2 aliphatic rings. The van der Waals surface area contributed by atoms with Gasteiger partial charge < -0.3 is 5.32 Å². The summed E-state index contributed by atoms with van der Waals surface area (Å²) in [5.41, 5.74) is 3.03. The SMILES string of the molecule is N#CC1=C2Nc3ccccc3N2C(Cl)=CC1(Cl)c1ccccc1. The maximum absolute atomic E-state index is 9.77. The van der Waals surface area contributed by atoms with Gasteiger partial charge in [-0.2, -0.15) is 5.26 Å². The Morgan fingerprint density at radius 3 is 2.48 bits per heavy atom. The van der Waals surface area contributed by atoms with Crippen LogP contribution in [-0.2, 0) is 4.87 Å². The van der Waals surface area contributed by atoms with Gasteiger partial charge in [-0.25, -0.2) is 0 Å². The van der Waals surface area contributed by atoms with E-state index in [1.165, 1.54) is 0 Å². The van der Waals surface area contributed by atoms with Crippen molar-refractivity contribution in [1.82, 2.24) is 0 Å². The van der Waals surface area contributed by atoms with Gasteiger partial charge in [-0.15, -0.1) is 11.6 Å². The van der Waals surface area contributed by atoms with E-state index >= 15 is 0 Å². The molecular formula is C18H11Cl2N3. The predicted molar refractivity (Wildman–Crippen MR) is 93.1 cm³/mol. The number of anilines is 2. The fraction of sp³-hybridized carbons (Fsp3) is 0.0556. The molecule has 112 valence electrons. The second-order valence-corrected chi connectivity index (χ2v) is 6.34. The topological polar surface area (TPSA) is 39.1 Å². The van der Waals surface area contributed by atoms with Crippen molar-refractivity contribution in [2.75, 3.05) is 10.2 Å². The smallest absolute Gasteiger partial charge is 0.132 e. The molecule has 2 heterocycles. The Morgan fingerprint density at radius 2 is 1.74 bits per heavy atom. The van der Waals surface area contributed by atoms with Gasteiger partial charge >= 0.3 is 0 Å². The number of para-hydroxylation sites is 2. The van der Waals surface area contributed by atoms with E-state index in [9.17, 15) is 5.26 Å². The molecule has 0 bridgehead atoms. The van der Waals surface area contributed by atoms with E-state index in [2.05, 4.69) is 11.4 Å². The molecule has 0 saturated carbocycles. The van der Waals surface area contributed by atoms with Gasteiger partial charge in [-0.3, -0.25) is 4.90 Å². The van der Waals surface area contributed by atoms with E-state index in [1.54, 1.807) is 6.08 Å². The Morgan fingerprint density at radius 1 is 1.04 bits per heavy atom. The second-order valence-electron chi connectivity index (χ2n) is 5.36. The van der Waals surface area contributed by atoms with Crippen molar-refractivity contribution in [3.8, 4) is 6.07 Å². The zero-order valence-electron chi connectivity index (χ0n) is 11.9. The van der Waals surface area contributed by atoms with E-state index in [-0.39, 0.29) is 0 Å². The van der Waals surface area contributed by atoms with Crippen molar-refractivity contribution < 1.29 is 0 Å². The van der Waals surface area contributed by atoms with Crippen LogP contribution in [0.2, 0.25) is 0 Å². The van der Waals surface area contributed by atoms with Gasteiger partial charge in [0.25, 0.3) is 0 Å². The summed E-state index contributed by atoms with van der Waals surface area (Å²) in [6, 6.07) is 19.5. The lowest BCUT2D eigenvalue weighted by Gasteiger charge is -2.33.